The molecule has 0 spiro atoms. The Morgan fingerprint density at radius 1 is 1.11 bits per heavy atom. The normalized spacial score (nSPS) is 17.3. The highest BCUT2D eigenvalue weighted by atomic mass is 32.2. The maximum atomic E-state index is 12.8. The predicted molar refractivity (Wildman–Crippen MR) is 107 cm³/mol. The van der Waals surface area contributed by atoms with Gasteiger partial charge in [0, 0.05) is 13.1 Å². The van der Waals surface area contributed by atoms with Crippen molar-refractivity contribution in [1.29, 1.82) is 0 Å². The lowest BCUT2D eigenvalue weighted by atomic mass is 9.95. The third-order valence-corrected chi connectivity index (χ3v) is 7.01. The molecule has 1 amide bonds. The number of fused-ring (bicyclic) bond motifs is 1. The maximum Gasteiger partial charge on any atom is 0.238 e. The Hall–Kier alpha value is -2.18. The second-order valence-electron chi connectivity index (χ2n) is 6.90. The van der Waals surface area contributed by atoms with E-state index in [0.29, 0.717) is 13.0 Å². The van der Waals surface area contributed by atoms with E-state index in [1.807, 2.05) is 55.5 Å². The molecule has 0 aromatic heterocycles. The number of rotatable bonds is 6. The maximum absolute atomic E-state index is 12.8. The van der Waals surface area contributed by atoms with Gasteiger partial charge in [0.2, 0.25) is 15.9 Å². The Kier molecular flexibility index (Phi) is 5.97. The summed E-state index contributed by atoms with van der Waals surface area (Å²) in [5.41, 5.74) is 4.39. The quantitative estimate of drug-likeness (QED) is 0.829. The van der Waals surface area contributed by atoms with E-state index in [9.17, 15) is 13.2 Å². The first kappa shape index (κ1) is 19.6. The van der Waals surface area contributed by atoms with Crippen LogP contribution in [0.4, 0.5) is 0 Å². The topological polar surface area (TPSA) is 66.5 Å². The van der Waals surface area contributed by atoms with Crippen molar-refractivity contribution in [1.82, 2.24) is 9.62 Å². The number of benzene rings is 2. The van der Waals surface area contributed by atoms with Gasteiger partial charge >= 0.3 is 0 Å². The average molecular weight is 387 g/mol. The zero-order chi connectivity index (χ0) is 19.4. The van der Waals surface area contributed by atoms with E-state index >= 15 is 0 Å². The molecule has 1 atom stereocenters. The summed E-state index contributed by atoms with van der Waals surface area (Å²) in [5, 5.41) is 2.94. The SMILES string of the molecule is CCS(=O)(=O)N1Cc2ccccc2CC1C(=O)NCCc1ccccc1C. The lowest BCUT2D eigenvalue weighted by molar-refractivity contribution is -0.125. The van der Waals surface area contributed by atoms with Crippen LogP contribution in [0.1, 0.15) is 29.2 Å². The van der Waals surface area contributed by atoms with Crippen molar-refractivity contribution >= 4 is 15.9 Å². The molecule has 27 heavy (non-hydrogen) atoms. The molecule has 0 saturated carbocycles. The second kappa shape index (κ2) is 8.23. The highest BCUT2D eigenvalue weighted by Crippen LogP contribution is 2.26. The minimum absolute atomic E-state index is 0.0117. The summed E-state index contributed by atoms with van der Waals surface area (Å²) in [7, 11) is -3.47. The van der Waals surface area contributed by atoms with Gasteiger partial charge in [0.05, 0.1) is 5.75 Å². The summed E-state index contributed by atoms with van der Waals surface area (Å²) >= 11 is 0. The molecule has 2 aromatic carbocycles. The minimum atomic E-state index is -3.47. The first-order valence-corrected chi connectivity index (χ1v) is 10.9. The van der Waals surface area contributed by atoms with Crippen molar-refractivity contribution < 1.29 is 13.2 Å². The summed E-state index contributed by atoms with van der Waals surface area (Å²) in [6.07, 6.45) is 1.13. The van der Waals surface area contributed by atoms with Crippen LogP contribution in [-0.2, 0) is 34.2 Å². The van der Waals surface area contributed by atoms with Crippen LogP contribution in [0.5, 0.6) is 0 Å². The third kappa shape index (κ3) is 4.39. The Morgan fingerprint density at radius 3 is 2.48 bits per heavy atom. The minimum Gasteiger partial charge on any atom is -0.354 e. The number of nitrogens with one attached hydrogen (secondary N) is 1. The third-order valence-electron chi connectivity index (χ3n) is 5.19. The average Bonchev–Trinajstić information content (AvgIpc) is 2.68. The summed E-state index contributed by atoms with van der Waals surface area (Å²) in [6, 6.07) is 15.1. The van der Waals surface area contributed by atoms with Crippen LogP contribution >= 0.6 is 0 Å². The molecule has 0 saturated heterocycles. The number of amides is 1. The monoisotopic (exact) mass is 386 g/mol. The fraction of sp³-hybridized carbons (Fsp3) is 0.381. The van der Waals surface area contributed by atoms with E-state index in [-0.39, 0.29) is 18.2 Å². The Balaban J connectivity index is 1.73. The molecule has 5 nitrogen and oxygen atoms in total. The lowest BCUT2D eigenvalue weighted by Gasteiger charge is -2.34. The largest absolute Gasteiger partial charge is 0.354 e. The first-order valence-electron chi connectivity index (χ1n) is 9.31. The molecule has 0 aliphatic carbocycles. The van der Waals surface area contributed by atoms with Crippen molar-refractivity contribution in [3.05, 3.63) is 70.8 Å². The molecule has 6 heteroatoms. The zero-order valence-corrected chi connectivity index (χ0v) is 16.6. The Bertz CT molecular complexity index is 925. The van der Waals surface area contributed by atoms with E-state index in [1.165, 1.54) is 15.4 Å². The van der Waals surface area contributed by atoms with Crippen LogP contribution < -0.4 is 5.32 Å². The van der Waals surface area contributed by atoms with Crippen LogP contribution in [-0.4, -0.2) is 37.0 Å². The van der Waals surface area contributed by atoms with Gasteiger partial charge < -0.3 is 5.32 Å². The van der Waals surface area contributed by atoms with Crippen LogP contribution in [0.2, 0.25) is 0 Å². The van der Waals surface area contributed by atoms with Crippen LogP contribution in [0, 0.1) is 6.92 Å². The van der Waals surface area contributed by atoms with Gasteiger partial charge in [0.1, 0.15) is 6.04 Å². The van der Waals surface area contributed by atoms with Crippen molar-refractivity contribution in [3.63, 3.8) is 0 Å². The van der Waals surface area contributed by atoms with Crippen LogP contribution in [0.25, 0.3) is 0 Å². The Morgan fingerprint density at radius 2 is 1.78 bits per heavy atom. The molecular formula is C21H26N2O3S. The number of nitrogens with zero attached hydrogens (tertiary/aromatic N) is 1. The van der Waals surface area contributed by atoms with Gasteiger partial charge in [-0.1, -0.05) is 48.5 Å². The fourth-order valence-electron chi connectivity index (χ4n) is 3.51. The molecule has 144 valence electrons. The van der Waals surface area contributed by atoms with Gasteiger partial charge in [0.25, 0.3) is 0 Å². The number of carbonyl (C=O) groups is 1. The van der Waals surface area contributed by atoms with Crippen molar-refractivity contribution in [2.24, 2.45) is 0 Å². The van der Waals surface area contributed by atoms with E-state index in [0.717, 1.165) is 17.5 Å². The summed E-state index contributed by atoms with van der Waals surface area (Å²) in [4.78, 5) is 12.8. The molecule has 1 heterocycles. The highest BCUT2D eigenvalue weighted by molar-refractivity contribution is 7.89. The molecule has 2 aromatic rings. The summed E-state index contributed by atoms with van der Waals surface area (Å²) in [5.74, 6) is -0.238. The van der Waals surface area contributed by atoms with Crippen molar-refractivity contribution in [3.8, 4) is 0 Å². The Labute approximate surface area is 161 Å². The first-order chi connectivity index (χ1) is 12.9. The molecule has 0 radical (unpaired) electrons. The van der Waals surface area contributed by atoms with E-state index < -0.39 is 16.1 Å². The summed E-state index contributed by atoms with van der Waals surface area (Å²) < 4.78 is 26.5. The molecule has 1 N–H and O–H groups in total. The summed E-state index contributed by atoms with van der Waals surface area (Å²) in [6.45, 7) is 4.40. The number of hydrogen-bond donors (Lipinski definition) is 1. The molecule has 1 aliphatic heterocycles. The highest BCUT2D eigenvalue weighted by Gasteiger charge is 2.37. The van der Waals surface area contributed by atoms with Gasteiger partial charge in [-0.25, -0.2) is 8.42 Å². The van der Waals surface area contributed by atoms with Gasteiger partial charge in [0.15, 0.2) is 0 Å². The van der Waals surface area contributed by atoms with Crippen molar-refractivity contribution in [2.75, 3.05) is 12.3 Å². The second-order valence-corrected chi connectivity index (χ2v) is 9.11. The number of hydrogen-bond acceptors (Lipinski definition) is 3. The van der Waals surface area contributed by atoms with Crippen LogP contribution in [0.3, 0.4) is 0 Å². The lowest BCUT2D eigenvalue weighted by Crippen LogP contribution is -2.53. The van der Waals surface area contributed by atoms with E-state index in [2.05, 4.69) is 5.32 Å². The number of carbonyl (C=O) groups excluding carboxylic acids is 1. The predicted octanol–water partition coefficient (Wildman–Crippen LogP) is 2.43. The molecule has 1 aliphatic rings. The molecule has 3 rings (SSSR count). The molecule has 1 unspecified atom stereocenters. The van der Waals surface area contributed by atoms with E-state index in [1.54, 1.807) is 6.92 Å². The standard InChI is InChI=1S/C21H26N2O3S/c1-3-27(25,26)23-15-19-11-7-6-10-18(19)14-20(23)21(24)22-13-12-17-9-5-4-8-16(17)2/h4-11,20H,3,12-15H2,1-2H3,(H,22,24). The fourth-order valence-corrected chi connectivity index (χ4v) is 4.73. The van der Waals surface area contributed by atoms with Gasteiger partial charge in [-0.15, -0.1) is 0 Å². The molecule has 0 bridgehead atoms. The van der Waals surface area contributed by atoms with Gasteiger partial charge in [-0.05, 0) is 48.9 Å². The molecular weight excluding hydrogens is 360 g/mol. The van der Waals surface area contributed by atoms with Gasteiger partial charge in [-0.2, -0.15) is 4.31 Å². The van der Waals surface area contributed by atoms with Gasteiger partial charge in [-0.3, -0.25) is 4.79 Å². The number of aryl methyl sites for hydroxylation is 1. The molecule has 0 fully saturated rings. The smallest absolute Gasteiger partial charge is 0.238 e. The zero-order valence-electron chi connectivity index (χ0n) is 15.8. The van der Waals surface area contributed by atoms with Crippen molar-refractivity contribution in [2.45, 2.75) is 39.3 Å². The van der Waals surface area contributed by atoms with Crippen LogP contribution in [0.15, 0.2) is 48.5 Å². The number of sulfonamides is 1. The van der Waals surface area contributed by atoms with E-state index in [4.69, 9.17) is 0 Å².